The predicted octanol–water partition coefficient (Wildman–Crippen LogP) is 1.85. The van der Waals surface area contributed by atoms with Crippen LogP contribution in [0.2, 0.25) is 0 Å². The highest BCUT2D eigenvalue weighted by molar-refractivity contribution is 7.89. The van der Waals surface area contributed by atoms with E-state index >= 15 is 0 Å². The Morgan fingerprint density at radius 1 is 1.38 bits per heavy atom. The summed E-state index contributed by atoms with van der Waals surface area (Å²) in [7, 11) is -2.07. The van der Waals surface area contributed by atoms with E-state index in [1.54, 1.807) is 28.6 Å². The van der Waals surface area contributed by atoms with Crippen molar-refractivity contribution in [1.29, 1.82) is 0 Å². The SMILES string of the molecule is COc1ccccc1S(=O)(=O)N(CC1CCCN1)C(C)C. The molecule has 1 fully saturated rings. The van der Waals surface area contributed by atoms with E-state index in [1.807, 2.05) is 13.8 Å². The summed E-state index contributed by atoms with van der Waals surface area (Å²) in [6.07, 6.45) is 2.12. The Kier molecular flexibility index (Phi) is 5.24. The lowest BCUT2D eigenvalue weighted by Crippen LogP contribution is -2.44. The van der Waals surface area contributed by atoms with E-state index < -0.39 is 10.0 Å². The summed E-state index contributed by atoms with van der Waals surface area (Å²) < 4.78 is 32.7. The average molecular weight is 312 g/mol. The molecule has 1 aromatic rings. The Hall–Kier alpha value is -1.11. The number of hydrogen-bond acceptors (Lipinski definition) is 4. The minimum absolute atomic E-state index is 0.0951. The Labute approximate surface area is 127 Å². The van der Waals surface area contributed by atoms with Crippen LogP contribution in [-0.4, -0.2) is 45.0 Å². The topological polar surface area (TPSA) is 58.6 Å². The van der Waals surface area contributed by atoms with Gasteiger partial charge in [-0.2, -0.15) is 4.31 Å². The van der Waals surface area contributed by atoms with Crippen LogP contribution in [0.4, 0.5) is 0 Å². The van der Waals surface area contributed by atoms with E-state index in [1.165, 1.54) is 7.11 Å². The first-order valence-corrected chi connectivity index (χ1v) is 8.79. The third kappa shape index (κ3) is 3.56. The molecule has 0 aliphatic carbocycles. The average Bonchev–Trinajstić information content (AvgIpc) is 2.97. The number of nitrogens with one attached hydrogen (secondary N) is 1. The van der Waals surface area contributed by atoms with Crippen LogP contribution in [0, 0.1) is 0 Å². The van der Waals surface area contributed by atoms with E-state index in [0.29, 0.717) is 12.3 Å². The minimum atomic E-state index is -3.56. The minimum Gasteiger partial charge on any atom is -0.495 e. The molecular formula is C15H24N2O3S. The molecule has 1 aromatic carbocycles. The number of ether oxygens (including phenoxy) is 1. The number of hydrogen-bond donors (Lipinski definition) is 1. The summed E-state index contributed by atoms with van der Waals surface area (Å²) in [5.74, 6) is 0.391. The molecule has 1 N–H and O–H groups in total. The number of sulfonamides is 1. The number of methoxy groups -OCH3 is 1. The molecule has 6 heteroatoms. The molecular weight excluding hydrogens is 288 g/mol. The van der Waals surface area contributed by atoms with Crippen LogP contribution >= 0.6 is 0 Å². The standard InChI is InChI=1S/C15H24N2O3S/c1-12(2)17(11-13-7-6-10-16-13)21(18,19)15-9-5-4-8-14(15)20-3/h4-5,8-9,12-13,16H,6-7,10-11H2,1-3H3. The van der Waals surface area contributed by atoms with E-state index in [9.17, 15) is 8.42 Å². The van der Waals surface area contributed by atoms with Crippen molar-refractivity contribution >= 4 is 10.0 Å². The van der Waals surface area contributed by atoms with Crippen LogP contribution < -0.4 is 10.1 Å². The number of benzene rings is 1. The zero-order valence-electron chi connectivity index (χ0n) is 12.9. The lowest BCUT2D eigenvalue weighted by atomic mass is 10.2. The highest BCUT2D eigenvalue weighted by Gasteiger charge is 2.32. The summed E-state index contributed by atoms with van der Waals surface area (Å²) in [5, 5.41) is 3.36. The van der Waals surface area contributed by atoms with Crippen molar-refractivity contribution in [1.82, 2.24) is 9.62 Å². The van der Waals surface area contributed by atoms with Gasteiger partial charge in [0.05, 0.1) is 7.11 Å². The van der Waals surface area contributed by atoms with E-state index in [2.05, 4.69) is 5.32 Å². The summed E-state index contributed by atoms with van der Waals surface area (Å²) in [5.41, 5.74) is 0. The molecule has 1 aliphatic rings. The van der Waals surface area contributed by atoms with Gasteiger partial charge in [-0.25, -0.2) is 8.42 Å². The van der Waals surface area contributed by atoms with Gasteiger partial charge < -0.3 is 10.1 Å². The first kappa shape index (κ1) is 16.3. The van der Waals surface area contributed by atoms with Crippen molar-refractivity contribution in [2.75, 3.05) is 20.2 Å². The fraction of sp³-hybridized carbons (Fsp3) is 0.600. The molecule has 1 atom stereocenters. The zero-order valence-corrected chi connectivity index (χ0v) is 13.7. The van der Waals surface area contributed by atoms with Crippen LogP contribution in [0.5, 0.6) is 5.75 Å². The van der Waals surface area contributed by atoms with Crippen molar-refractivity contribution in [3.63, 3.8) is 0 Å². The molecule has 1 aliphatic heterocycles. The summed E-state index contributed by atoms with van der Waals surface area (Å²) >= 11 is 0. The van der Waals surface area contributed by atoms with Gasteiger partial charge in [0.1, 0.15) is 10.6 Å². The molecule has 1 heterocycles. The van der Waals surface area contributed by atoms with Crippen LogP contribution in [0.3, 0.4) is 0 Å². The van der Waals surface area contributed by atoms with Gasteiger partial charge in [0.2, 0.25) is 10.0 Å². The van der Waals surface area contributed by atoms with Crippen molar-refractivity contribution in [2.24, 2.45) is 0 Å². The summed E-state index contributed by atoms with van der Waals surface area (Å²) in [4.78, 5) is 0.235. The number of nitrogens with zero attached hydrogens (tertiary/aromatic N) is 1. The van der Waals surface area contributed by atoms with E-state index in [0.717, 1.165) is 19.4 Å². The third-order valence-electron chi connectivity index (χ3n) is 3.79. The fourth-order valence-corrected chi connectivity index (χ4v) is 4.51. The van der Waals surface area contributed by atoms with Gasteiger partial charge >= 0.3 is 0 Å². The van der Waals surface area contributed by atoms with Gasteiger partial charge in [0.15, 0.2) is 0 Å². The third-order valence-corrected chi connectivity index (χ3v) is 5.88. The maximum atomic E-state index is 13.0. The Balaban J connectivity index is 2.32. The molecule has 0 spiro atoms. The molecule has 0 saturated carbocycles. The molecule has 2 rings (SSSR count). The monoisotopic (exact) mass is 312 g/mol. The zero-order chi connectivity index (χ0) is 15.5. The second kappa shape index (κ2) is 6.77. The maximum absolute atomic E-state index is 13.0. The maximum Gasteiger partial charge on any atom is 0.247 e. The molecule has 0 aromatic heterocycles. The molecule has 21 heavy (non-hydrogen) atoms. The summed E-state index contributed by atoms with van der Waals surface area (Å²) in [6, 6.07) is 6.92. The Bertz CT molecular complexity index is 566. The molecule has 1 unspecified atom stereocenters. The van der Waals surface area contributed by atoms with Crippen molar-refractivity contribution in [3.8, 4) is 5.75 Å². The second-order valence-electron chi connectivity index (χ2n) is 5.61. The Morgan fingerprint density at radius 3 is 2.67 bits per heavy atom. The van der Waals surface area contributed by atoms with Crippen molar-refractivity contribution in [3.05, 3.63) is 24.3 Å². The van der Waals surface area contributed by atoms with E-state index in [-0.39, 0.29) is 17.0 Å². The van der Waals surface area contributed by atoms with Crippen molar-refractivity contribution < 1.29 is 13.2 Å². The molecule has 1 saturated heterocycles. The molecule has 0 amide bonds. The lowest BCUT2D eigenvalue weighted by molar-refractivity contribution is 0.320. The fourth-order valence-electron chi connectivity index (χ4n) is 2.67. The summed E-state index contributed by atoms with van der Waals surface area (Å²) in [6.45, 7) is 5.27. The van der Waals surface area contributed by atoms with Crippen LogP contribution in [-0.2, 0) is 10.0 Å². The highest BCUT2D eigenvalue weighted by Crippen LogP contribution is 2.28. The first-order chi connectivity index (χ1) is 9.96. The van der Waals surface area contributed by atoms with Gasteiger partial charge in [0, 0.05) is 18.6 Å². The predicted molar refractivity (Wildman–Crippen MR) is 83.0 cm³/mol. The first-order valence-electron chi connectivity index (χ1n) is 7.35. The molecule has 118 valence electrons. The molecule has 0 bridgehead atoms. The molecule has 5 nitrogen and oxygen atoms in total. The normalized spacial score (nSPS) is 19.4. The van der Waals surface area contributed by atoms with Crippen LogP contribution in [0.25, 0.3) is 0 Å². The van der Waals surface area contributed by atoms with Crippen molar-refractivity contribution in [2.45, 2.75) is 43.7 Å². The highest BCUT2D eigenvalue weighted by atomic mass is 32.2. The second-order valence-corrected chi connectivity index (χ2v) is 7.47. The van der Waals surface area contributed by atoms with Crippen LogP contribution in [0.15, 0.2) is 29.2 Å². The number of rotatable bonds is 6. The van der Waals surface area contributed by atoms with Gasteiger partial charge in [-0.15, -0.1) is 0 Å². The number of para-hydroxylation sites is 1. The van der Waals surface area contributed by atoms with Gasteiger partial charge in [0.25, 0.3) is 0 Å². The van der Waals surface area contributed by atoms with Crippen LogP contribution in [0.1, 0.15) is 26.7 Å². The van der Waals surface area contributed by atoms with Gasteiger partial charge in [-0.05, 0) is 45.4 Å². The largest absolute Gasteiger partial charge is 0.495 e. The Morgan fingerprint density at radius 2 is 2.10 bits per heavy atom. The van der Waals surface area contributed by atoms with E-state index in [4.69, 9.17) is 4.74 Å². The lowest BCUT2D eigenvalue weighted by Gasteiger charge is -2.29. The quantitative estimate of drug-likeness (QED) is 0.871. The molecule has 0 radical (unpaired) electrons. The smallest absolute Gasteiger partial charge is 0.247 e. The van der Waals surface area contributed by atoms with Gasteiger partial charge in [-0.3, -0.25) is 0 Å². The van der Waals surface area contributed by atoms with Gasteiger partial charge in [-0.1, -0.05) is 12.1 Å².